The Labute approximate surface area is 98.7 Å². The van der Waals surface area contributed by atoms with Crippen LogP contribution in [-0.2, 0) is 0 Å². The van der Waals surface area contributed by atoms with Gasteiger partial charge in [0.05, 0.1) is 6.61 Å². The van der Waals surface area contributed by atoms with Gasteiger partial charge in [0.15, 0.2) is 6.07 Å². The molecule has 0 aliphatic heterocycles. The maximum Gasteiger partial charge on any atom is 0.321 e. The van der Waals surface area contributed by atoms with Crippen LogP contribution in [0.15, 0.2) is 28.7 Å². The predicted octanol–water partition coefficient (Wildman–Crippen LogP) is 2.40. The first kappa shape index (κ1) is 11.1. The van der Waals surface area contributed by atoms with Gasteiger partial charge in [-0.2, -0.15) is 5.26 Å². The van der Waals surface area contributed by atoms with Crippen LogP contribution in [-0.4, -0.2) is 16.8 Å². The number of aromatic nitrogens is 2. The Balaban J connectivity index is 2.15. The molecule has 0 bridgehead atoms. The SMILES string of the molecule is CCCOc1ccc(-c2nnc(C#N)o2)cc1. The van der Waals surface area contributed by atoms with Gasteiger partial charge >= 0.3 is 5.89 Å². The third kappa shape index (κ3) is 2.61. The predicted molar refractivity (Wildman–Crippen MR) is 60.2 cm³/mol. The largest absolute Gasteiger partial charge is 0.494 e. The maximum absolute atomic E-state index is 8.57. The van der Waals surface area contributed by atoms with E-state index in [1.165, 1.54) is 0 Å². The Hall–Kier alpha value is -2.35. The summed E-state index contributed by atoms with van der Waals surface area (Å²) in [5.74, 6) is 1.10. The second-order valence-electron chi connectivity index (χ2n) is 3.40. The standard InChI is InChI=1S/C12H11N3O2/c1-2-7-16-10-5-3-9(4-6-10)12-15-14-11(8-13)17-12/h3-6H,2,7H2,1H3. The normalized spacial score (nSPS) is 9.88. The maximum atomic E-state index is 8.57. The molecule has 1 aromatic carbocycles. The third-order valence-corrected chi connectivity index (χ3v) is 2.09. The summed E-state index contributed by atoms with van der Waals surface area (Å²) in [5.41, 5.74) is 0.767. The van der Waals surface area contributed by atoms with Crippen molar-refractivity contribution in [1.82, 2.24) is 10.2 Å². The fourth-order valence-corrected chi connectivity index (χ4v) is 1.30. The van der Waals surface area contributed by atoms with E-state index >= 15 is 0 Å². The van der Waals surface area contributed by atoms with Crippen molar-refractivity contribution in [2.75, 3.05) is 6.61 Å². The van der Waals surface area contributed by atoms with Crippen molar-refractivity contribution in [2.24, 2.45) is 0 Å². The van der Waals surface area contributed by atoms with Crippen molar-refractivity contribution < 1.29 is 9.15 Å². The molecule has 5 nitrogen and oxygen atoms in total. The molecule has 1 aromatic heterocycles. The van der Waals surface area contributed by atoms with Crippen molar-refractivity contribution in [3.05, 3.63) is 30.2 Å². The van der Waals surface area contributed by atoms with Crippen LogP contribution >= 0.6 is 0 Å². The first-order valence-electron chi connectivity index (χ1n) is 5.30. The van der Waals surface area contributed by atoms with E-state index < -0.39 is 0 Å². The zero-order valence-electron chi connectivity index (χ0n) is 9.38. The molecule has 0 saturated heterocycles. The molecule has 2 aromatic rings. The van der Waals surface area contributed by atoms with E-state index in [1.807, 2.05) is 24.3 Å². The van der Waals surface area contributed by atoms with Crippen molar-refractivity contribution in [1.29, 1.82) is 5.26 Å². The Morgan fingerprint density at radius 3 is 2.65 bits per heavy atom. The van der Waals surface area contributed by atoms with Gasteiger partial charge < -0.3 is 9.15 Å². The van der Waals surface area contributed by atoms with Crippen molar-refractivity contribution in [3.63, 3.8) is 0 Å². The molecule has 0 unspecified atom stereocenters. The molecule has 5 heteroatoms. The van der Waals surface area contributed by atoms with Gasteiger partial charge in [-0.3, -0.25) is 0 Å². The molecule has 0 radical (unpaired) electrons. The van der Waals surface area contributed by atoms with E-state index in [4.69, 9.17) is 14.4 Å². The van der Waals surface area contributed by atoms with Crippen LogP contribution in [0.4, 0.5) is 0 Å². The van der Waals surface area contributed by atoms with E-state index in [-0.39, 0.29) is 5.89 Å². The topological polar surface area (TPSA) is 71.9 Å². The highest BCUT2D eigenvalue weighted by Gasteiger charge is 2.07. The number of hydrogen-bond donors (Lipinski definition) is 0. The van der Waals surface area contributed by atoms with Crippen molar-refractivity contribution >= 4 is 0 Å². The van der Waals surface area contributed by atoms with E-state index in [0.29, 0.717) is 12.5 Å². The van der Waals surface area contributed by atoms with Gasteiger partial charge in [0, 0.05) is 5.56 Å². The lowest BCUT2D eigenvalue weighted by Crippen LogP contribution is -1.94. The molecular weight excluding hydrogens is 218 g/mol. The smallest absolute Gasteiger partial charge is 0.321 e. The molecule has 0 fully saturated rings. The zero-order valence-corrected chi connectivity index (χ0v) is 9.38. The molecule has 17 heavy (non-hydrogen) atoms. The molecule has 0 N–H and O–H groups in total. The molecule has 0 spiro atoms. The van der Waals surface area contributed by atoms with E-state index in [9.17, 15) is 0 Å². The van der Waals surface area contributed by atoms with Gasteiger partial charge in [0.1, 0.15) is 5.75 Å². The van der Waals surface area contributed by atoms with Crippen LogP contribution in [0, 0.1) is 11.3 Å². The summed E-state index contributed by atoms with van der Waals surface area (Å²) in [6, 6.07) is 9.10. The molecule has 2 rings (SSSR count). The summed E-state index contributed by atoms with van der Waals surface area (Å²) in [7, 11) is 0. The second-order valence-corrected chi connectivity index (χ2v) is 3.40. The minimum Gasteiger partial charge on any atom is -0.494 e. The lowest BCUT2D eigenvalue weighted by molar-refractivity contribution is 0.317. The number of nitriles is 1. The first-order valence-corrected chi connectivity index (χ1v) is 5.30. The molecule has 86 valence electrons. The number of benzene rings is 1. The fourth-order valence-electron chi connectivity index (χ4n) is 1.30. The zero-order chi connectivity index (χ0) is 12.1. The van der Waals surface area contributed by atoms with E-state index in [2.05, 4.69) is 17.1 Å². The molecule has 0 amide bonds. The Morgan fingerprint density at radius 1 is 1.29 bits per heavy atom. The number of hydrogen-bond acceptors (Lipinski definition) is 5. The van der Waals surface area contributed by atoms with Gasteiger partial charge in [-0.05, 0) is 30.7 Å². The molecule has 0 aliphatic carbocycles. The van der Waals surface area contributed by atoms with Crippen LogP contribution in [0.5, 0.6) is 5.75 Å². The first-order chi connectivity index (χ1) is 8.33. The molecule has 0 saturated carbocycles. The Bertz CT molecular complexity index is 525. The fraction of sp³-hybridized carbons (Fsp3) is 0.250. The summed E-state index contributed by atoms with van der Waals surface area (Å²) in [6.45, 7) is 2.74. The number of rotatable bonds is 4. The lowest BCUT2D eigenvalue weighted by atomic mass is 10.2. The number of ether oxygens (including phenoxy) is 1. The summed E-state index contributed by atoms with van der Waals surface area (Å²) in [5, 5.41) is 15.9. The molecule has 0 aliphatic rings. The van der Waals surface area contributed by atoms with Gasteiger partial charge in [-0.15, -0.1) is 5.10 Å². The van der Waals surface area contributed by atoms with Gasteiger partial charge in [0.2, 0.25) is 5.89 Å². The van der Waals surface area contributed by atoms with Crippen LogP contribution < -0.4 is 4.74 Å². The highest BCUT2D eigenvalue weighted by molar-refractivity contribution is 5.54. The Kier molecular flexibility index (Phi) is 3.36. The van der Waals surface area contributed by atoms with Crippen LogP contribution in [0.2, 0.25) is 0 Å². The highest BCUT2D eigenvalue weighted by Crippen LogP contribution is 2.21. The van der Waals surface area contributed by atoms with Crippen molar-refractivity contribution in [3.8, 4) is 23.3 Å². The monoisotopic (exact) mass is 229 g/mol. The summed E-state index contributed by atoms with van der Waals surface area (Å²) < 4.78 is 10.6. The second kappa shape index (κ2) is 5.12. The average Bonchev–Trinajstić information content (AvgIpc) is 2.86. The third-order valence-electron chi connectivity index (χ3n) is 2.09. The van der Waals surface area contributed by atoms with Gasteiger partial charge in [0.25, 0.3) is 0 Å². The summed E-state index contributed by atoms with van der Waals surface area (Å²) in [6.07, 6.45) is 0.969. The Morgan fingerprint density at radius 2 is 2.06 bits per heavy atom. The lowest BCUT2D eigenvalue weighted by Gasteiger charge is -2.03. The minimum absolute atomic E-state index is 0.0358. The molecular formula is C12H11N3O2. The van der Waals surface area contributed by atoms with Crippen molar-refractivity contribution in [2.45, 2.75) is 13.3 Å². The summed E-state index contributed by atoms with van der Waals surface area (Å²) in [4.78, 5) is 0. The van der Waals surface area contributed by atoms with Crippen LogP contribution in [0.3, 0.4) is 0 Å². The summed E-state index contributed by atoms with van der Waals surface area (Å²) >= 11 is 0. The van der Waals surface area contributed by atoms with Crippen LogP contribution in [0.25, 0.3) is 11.5 Å². The molecule has 0 atom stereocenters. The quantitative estimate of drug-likeness (QED) is 0.804. The molecule has 1 heterocycles. The van der Waals surface area contributed by atoms with Gasteiger partial charge in [-0.25, -0.2) is 0 Å². The van der Waals surface area contributed by atoms with E-state index in [0.717, 1.165) is 17.7 Å². The van der Waals surface area contributed by atoms with E-state index in [1.54, 1.807) is 6.07 Å². The average molecular weight is 229 g/mol. The number of nitrogens with zero attached hydrogens (tertiary/aromatic N) is 3. The minimum atomic E-state index is -0.0358. The highest BCUT2D eigenvalue weighted by atomic mass is 16.5. The van der Waals surface area contributed by atoms with Crippen LogP contribution in [0.1, 0.15) is 19.2 Å². The van der Waals surface area contributed by atoms with Gasteiger partial charge in [-0.1, -0.05) is 12.0 Å².